The van der Waals surface area contributed by atoms with Crippen molar-refractivity contribution in [3.05, 3.63) is 88.2 Å². The van der Waals surface area contributed by atoms with Crippen molar-refractivity contribution in [2.24, 2.45) is 0 Å². The average molecular weight is 402 g/mol. The van der Waals surface area contributed by atoms with Gasteiger partial charge in [0, 0.05) is 23.3 Å². The van der Waals surface area contributed by atoms with Crippen molar-refractivity contribution in [3.63, 3.8) is 0 Å². The number of esters is 1. The zero-order chi connectivity index (χ0) is 19.8. The first kappa shape index (κ1) is 17.3. The first-order valence-electron chi connectivity index (χ1n) is 8.86. The minimum absolute atomic E-state index is 0.142. The fourth-order valence-electron chi connectivity index (χ4n) is 3.13. The Morgan fingerprint density at radius 1 is 1.10 bits per heavy atom. The lowest BCUT2D eigenvalue weighted by atomic mass is 10.1. The van der Waals surface area contributed by atoms with Crippen LogP contribution in [0.1, 0.15) is 16.3 Å². The SMILES string of the molecule is O=C(OCc1nc2scc(-c3ccccc3)c2c(=O)[nH]1)c1cn2ccccc2n1. The second kappa shape index (κ2) is 6.99. The molecule has 142 valence electrons. The number of nitrogens with one attached hydrogen (secondary N) is 1. The number of rotatable bonds is 4. The molecule has 0 saturated heterocycles. The molecule has 0 aliphatic heterocycles. The second-order valence-corrected chi connectivity index (χ2v) is 7.23. The third-order valence-corrected chi connectivity index (χ3v) is 5.36. The lowest BCUT2D eigenvalue weighted by Crippen LogP contribution is -2.14. The van der Waals surface area contributed by atoms with Crippen molar-refractivity contribution in [2.75, 3.05) is 0 Å². The van der Waals surface area contributed by atoms with Crippen LogP contribution in [-0.2, 0) is 11.3 Å². The molecule has 5 aromatic rings. The van der Waals surface area contributed by atoms with Gasteiger partial charge in [0.15, 0.2) is 5.69 Å². The van der Waals surface area contributed by atoms with E-state index in [-0.39, 0.29) is 17.9 Å². The summed E-state index contributed by atoms with van der Waals surface area (Å²) >= 11 is 1.38. The summed E-state index contributed by atoms with van der Waals surface area (Å²) in [5.74, 6) is -0.284. The minimum Gasteiger partial charge on any atom is -0.453 e. The molecule has 1 N–H and O–H groups in total. The number of benzene rings is 1. The van der Waals surface area contributed by atoms with Crippen molar-refractivity contribution in [1.82, 2.24) is 19.4 Å². The monoisotopic (exact) mass is 402 g/mol. The highest BCUT2D eigenvalue weighted by Crippen LogP contribution is 2.30. The number of H-pyrrole nitrogens is 1. The fourth-order valence-corrected chi connectivity index (χ4v) is 4.10. The van der Waals surface area contributed by atoms with Crippen LogP contribution >= 0.6 is 11.3 Å². The summed E-state index contributed by atoms with van der Waals surface area (Å²) in [7, 11) is 0. The van der Waals surface area contributed by atoms with E-state index in [0.717, 1.165) is 11.1 Å². The zero-order valence-electron chi connectivity index (χ0n) is 15.0. The molecule has 0 radical (unpaired) electrons. The molecular weight excluding hydrogens is 388 g/mol. The van der Waals surface area contributed by atoms with Crippen LogP contribution in [0.2, 0.25) is 0 Å². The normalized spacial score (nSPS) is 11.2. The maximum atomic E-state index is 12.6. The van der Waals surface area contributed by atoms with Gasteiger partial charge in [-0.25, -0.2) is 14.8 Å². The Bertz CT molecular complexity index is 1370. The number of fused-ring (bicyclic) bond motifs is 2. The first-order valence-corrected chi connectivity index (χ1v) is 9.74. The summed E-state index contributed by atoms with van der Waals surface area (Å²) in [5.41, 5.74) is 2.39. The lowest BCUT2D eigenvalue weighted by Gasteiger charge is -2.03. The molecule has 5 rings (SSSR count). The van der Waals surface area contributed by atoms with E-state index in [1.54, 1.807) is 22.9 Å². The van der Waals surface area contributed by atoms with Crippen molar-refractivity contribution in [1.29, 1.82) is 0 Å². The number of ether oxygens (including phenoxy) is 1. The molecule has 0 spiro atoms. The van der Waals surface area contributed by atoms with Gasteiger partial charge < -0.3 is 14.1 Å². The number of hydrogen-bond donors (Lipinski definition) is 1. The predicted octanol–water partition coefficient (Wildman–Crippen LogP) is 3.66. The third-order valence-electron chi connectivity index (χ3n) is 4.49. The van der Waals surface area contributed by atoms with Crippen LogP contribution in [0.15, 0.2) is 71.1 Å². The van der Waals surface area contributed by atoms with Crippen molar-refractivity contribution in [2.45, 2.75) is 6.61 Å². The molecule has 7 nitrogen and oxygen atoms in total. The van der Waals surface area contributed by atoms with Gasteiger partial charge in [0.1, 0.15) is 22.9 Å². The molecule has 0 atom stereocenters. The van der Waals surface area contributed by atoms with E-state index in [4.69, 9.17) is 4.74 Å². The van der Waals surface area contributed by atoms with Gasteiger partial charge in [0.25, 0.3) is 5.56 Å². The molecule has 4 aromatic heterocycles. The fraction of sp³-hybridized carbons (Fsp3) is 0.0476. The van der Waals surface area contributed by atoms with Gasteiger partial charge in [-0.05, 0) is 17.7 Å². The van der Waals surface area contributed by atoms with Crippen LogP contribution in [0.3, 0.4) is 0 Å². The highest BCUT2D eigenvalue weighted by Gasteiger charge is 2.15. The summed E-state index contributed by atoms with van der Waals surface area (Å²) in [6.45, 7) is -0.142. The number of carbonyl (C=O) groups is 1. The number of hydrogen-bond acceptors (Lipinski definition) is 6. The molecule has 8 heteroatoms. The maximum absolute atomic E-state index is 12.6. The van der Waals surface area contributed by atoms with Crippen molar-refractivity contribution >= 4 is 33.2 Å². The highest BCUT2D eigenvalue weighted by molar-refractivity contribution is 7.17. The lowest BCUT2D eigenvalue weighted by molar-refractivity contribution is 0.0456. The molecule has 0 amide bonds. The number of nitrogens with zero attached hydrogens (tertiary/aromatic N) is 3. The van der Waals surface area contributed by atoms with E-state index in [1.807, 2.05) is 47.8 Å². The van der Waals surface area contributed by atoms with Crippen molar-refractivity contribution in [3.8, 4) is 11.1 Å². The zero-order valence-corrected chi connectivity index (χ0v) is 15.8. The Morgan fingerprint density at radius 3 is 2.76 bits per heavy atom. The molecule has 1 aromatic carbocycles. The molecule has 29 heavy (non-hydrogen) atoms. The molecule has 0 aliphatic rings. The predicted molar refractivity (Wildman–Crippen MR) is 110 cm³/mol. The molecule has 4 heterocycles. The Labute approximate surface area is 168 Å². The number of carbonyl (C=O) groups excluding carboxylic acids is 1. The quantitative estimate of drug-likeness (QED) is 0.464. The molecular formula is C21H14N4O3S. The van der Waals surface area contributed by atoms with Crippen LogP contribution < -0.4 is 5.56 Å². The van der Waals surface area contributed by atoms with E-state index in [0.29, 0.717) is 21.7 Å². The second-order valence-electron chi connectivity index (χ2n) is 6.38. The first-order chi connectivity index (χ1) is 14.2. The average Bonchev–Trinajstić information content (AvgIpc) is 3.37. The topological polar surface area (TPSA) is 89.3 Å². The summed E-state index contributed by atoms with van der Waals surface area (Å²) in [6, 6.07) is 15.2. The van der Waals surface area contributed by atoms with E-state index in [9.17, 15) is 9.59 Å². The van der Waals surface area contributed by atoms with Crippen LogP contribution in [0.4, 0.5) is 0 Å². The summed E-state index contributed by atoms with van der Waals surface area (Å²) < 4.78 is 7.03. The summed E-state index contributed by atoms with van der Waals surface area (Å²) in [6.07, 6.45) is 3.40. The van der Waals surface area contributed by atoms with E-state index in [1.165, 1.54) is 11.3 Å². The van der Waals surface area contributed by atoms with Crippen molar-refractivity contribution < 1.29 is 9.53 Å². The largest absolute Gasteiger partial charge is 0.453 e. The molecule has 0 bridgehead atoms. The maximum Gasteiger partial charge on any atom is 0.359 e. The molecule has 0 unspecified atom stereocenters. The van der Waals surface area contributed by atoms with Gasteiger partial charge in [0.05, 0.1) is 5.39 Å². The summed E-state index contributed by atoms with van der Waals surface area (Å²) in [5, 5.41) is 2.45. The number of aromatic nitrogens is 4. The number of aromatic amines is 1. The Morgan fingerprint density at radius 2 is 1.93 bits per heavy atom. The van der Waals surface area contributed by atoms with E-state index >= 15 is 0 Å². The molecule has 0 saturated carbocycles. The number of thiophene rings is 1. The Balaban J connectivity index is 1.40. The molecule has 0 fully saturated rings. The smallest absolute Gasteiger partial charge is 0.359 e. The third kappa shape index (κ3) is 3.19. The standard InChI is InChI=1S/C21H14N4O3S/c26-19-18-14(13-6-2-1-3-7-13)12-29-20(18)24-16(23-19)11-28-21(27)15-10-25-9-5-4-8-17(25)22-15/h1-10,12H,11H2,(H,23,24,26). The van der Waals surface area contributed by atoms with Gasteiger partial charge in [-0.15, -0.1) is 11.3 Å². The van der Waals surface area contributed by atoms with E-state index in [2.05, 4.69) is 15.0 Å². The minimum atomic E-state index is -0.576. The highest BCUT2D eigenvalue weighted by atomic mass is 32.1. The number of imidazole rings is 1. The van der Waals surface area contributed by atoms with Gasteiger partial charge >= 0.3 is 5.97 Å². The van der Waals surface area contributed by atoms with Gasteiger partial charge in [-0.1, -0.05) is 36.4 Å². The Hall–Kier alpha value is -3.78. The Kier molecular flexibility index (Phi) is 4.18. The van der Waals surface area contributed by atoms with Crippen LogP contribution in [-0.4, -0.2) is 25.3 Å². The summed E-state index contributed by atoms with van der Waals surface area (Å²) in [4.78, 5) is 37.0. The molecule has 0 aliphatic carbocycles. The number of pyridine rings is 1. The van der Waals surface area contributed by atoms with Gasteiger partial charge in [-0.3, -0.25) is 4.79 Å². The van der Waals surface area contributed by atoms with Gasteiger partial charge in [0.2, 0.25) is 0 Å². The van der Waals surface area contributed by atoms with Crippen LogP contribution in [0.25, 0.3) is 27.0 Å². The van der Waals surface area contributed by atoms with E-state index < -0.39 is 5.97 Å². The van der Waals surface area contributed by atoms with Crippen LogP contribution in [0.5, 0.6) is 0 Å². The van der Waals surface area contributed by atoms with Crippen LogP contribution in [0, 0.1) is 0 Å². The van der Waals surface area contributed by atoms with Gasteiger partial charge in [-0.2, -0.15) is 0 Å².